The lowest BCUT2D eigenvalue weighted by Crippen LogP contribution is -2.23. The lowest BCUT2D eigenvalue weighted by molar-refractivity contribution is 0.484. The van der Waals surface area contributed by atoms with Gasteiger partial charge in [-0.3, -0.25) is 0 Å². The van der Waals surface area contributed by atoms with Crippen LogP contribution in [0.4, 0.5) is 0 Å². The fourth-order valence-corrected chi connectivity index (χ4v) is 2.63. The van der Waals surface area contributed by atoms with E-state index in [1.165, 1.54) is 4.90 Å². The number of nitrogens with one attached hydrogen (secondary N) is 1. The van der Waals surface area contributed by atoms with Crippen molar-refractivity contribution < 1.29 is 4.42 Å². The highest BCUT2D eigenvalue weighted by Crippen LogP contribution is 2.30. The summed E-state index contributed by atoms with van der Waals surface area (Å²) in [6.07, 6.45) is 5.83. The third kappa shape index (κ3) is 4.12. The van der Waals surface area contributed by atoms with E-state index in [0.717, 1.165) is 36.6 Å². The number of benzene rings is 1. The molecule has 0 unspecified atom stereocenters. The molecule has 1 aromatic carbocycles. The van der Waals surface area contributed by atoms with Crippen LogP contribution in [0.15, 0.2) is 39.8 Å². The zero-order valence-electron chi connectivity index (χ0n) is 12.3. The van der Waals surface area contributed by atoms with Crippen molar-refractivity contribution in [2.75, 3.05) is 12.8 Å². The van der Waals surface area contributed by atoms with Gasteiger partial charge in [-0.1, -0.05) is 32.0 Å². The van der Waals surface area contributed by atoms with Crippen molar-refractivity contribution in [3.05, 3.63) is 36.4 Å². The minimum Gasteiger partial charge on any atom is -0.441 e. The Morgan fingerprint density at radius 1 is 1.30 bits per heavy atom. The zero-order valence-corrected chi connectivity index (χ0v) is 13.2. The second-order valence-electron chi connectivity index (χ2n) is 5.03. The molecule has 108 valence electrons. The number of aryl methyl sites for hydroxylation is 1. The van der Waals surface area contributed by atoms with Crippen molar-refractivity contribution in [1.82, 2.24) is 10.3 Å². The summed E-state index contributed by atoms with van der Waals surface area (Å²) in [5.41, 5.74) is 1.12. The molecular formula is C16H22N2OS. The van der Waals surface area contributed by atoms with Gasteiger partial charge in [-0.05, 0) is 25.3 Å². The van der Waals surface area contributed by atoms with E-state index in [1.54, 1.807) is 11.8 Å². The summed E-state index contributed by atoms with van der Waals surface area (Å²) in [4.78, 5) is 5.60. The average molecular weight is 290 g/mol. The Balaban J connectivity index is 1.98. The highest BCUT2D eigenvalue weighted by molar-refractivity contribution is 7.98. The summed E-state index contributed by atoms with van der Waals surface area (Å²) in [7, 11) is 0. The Kier molecular flexibility index (Phi) is 5.68. The molecule has 0 radical (unpaired) electrons. The molecule has 0 spiro atoms. The van der Waals surface area contributed by atoms with Gasteiger partial charge in [0.1, 0.15) is 0 Å². The molecule has 1 aromatic heterocycles. The maximum Gasteiger partial charge on any atom is 0.194 e. The lowest BCUT2D eigenvalue weighted by Gasteiger charge is -2.06. The number of hydrogen-bond donors (Lipinski definition) is 1. The van der Waals surface area contributed by atoms with Crippen molar-refractivity contribution in [2.24, 2.45) is 0 Å². The molecule has 0 saturated heterocycles. The van der Waals surface area contributed by atoms with Crippen LogP contribution in [-0.2, 0) is 6.42 Å². The molecule has 0 saturated carbocycles. The molecule has 0 atom stereocenters. The van der Waals surface area contributed by atoms with Crippen LogP contribution in [0.3, 0.4) is 0 Å². The number of rotatable bonds is 7. The van der Waals surface area contributed by atoms with Gasteiger partial charge >= 0.3 is 0 Å². The topological polar surface area (TPSA) is 38.1 Å². The smallest absolute Gasteiger partial charge is 0.194 e. The predicted molar refractivity (Wildman–Crippen MR) is 85.2 cm³/mol. The van der Waals surface area contributed by atoms with Crippen LogP contribution in [0.5, 0.6) is 0 Å². The van der Waals surface area contributed by atoms with Crippen molar-refractivity contribution in [3.63, 3.8) is 0 Å². The van der Waals surface area contributed by atoms with Gasteiger partial charge in [0, 0.05) is 22.9 Å². The molecule has 0 fully saturated rings. The van der Waals surface area contributed by atoms with Crippen molar-refractivity contribution in [1.29, 1.82) is 0 Å². The molecule has 0 amide bonds. The lowest BCUT2D eigenvalue weighted by atomic mass is 10.2. The normalized spacial score (nSPS) is 11.2. The van der Waals surface area contributed by atoms with E-state index in [-0.39, 0.29) is 0 Å². The Morgan fingerprint density at radius 2 is 2.10 bits per heavy atom. The van der Waals surface area contributed by atoms with Gasteiger partial charge in [0.05, 0.1) is 6.20 Å². The molecule has 1 heterocycles. The SMILES string of the molecule is CSc1ccccc1-c1cnc(CCCNC(C)C)o1. The Labute approximate surface area is 125 Å². The minimum atomic E-state index is 0.531. The molecule has 0 aliphatic carbocycles. The molecule has 1 N–H and O–H groups in total. The second kappa shape index (κ2) is 7.50. The molecule has 0 aliphatic rings. The van der Waals surface area contributed by atoms with Gasteiger partial charge in [-0.25, -0.2) is 4.98 Å². The van der Waals surface area contributed by atoms with Crippen LogP contribution in [0, 0.1) is 0 Å². The van der Waals surface area contributed by atoms with Crippen LogP contribution in [0.1, 0.15) is 26.2 Å². The van der Waals surface area contributed by atoms with Gasteiger partial charge in [0.15, 0.2) is 11.7 Å². The Bertz CT molecular complexity index is 537. The van der Waals surface area contributed by atoms with Crippen molar-refractivity contribution in [2.45, 2.75) is 37.6 Å². The highest BCUT2D eigenvalue weighted by atomic mass is 32.2. The molecule has 3 nitrogen and oxygen atoms in total. The molecular weight excluding hydrogens is 268 g/mol. The van der Waals surface area contributed by atoms with Gasteiger partial charge in [0.25, 0.3) is 0 Å². The Hall–Kier alpha value is -1.26. The number of thioether (sulfide) groups is 1. The van der Waals surface area contributed by atoms with Gasteiger partial charge in [0.2, 0.25) is 0 Å². The van der Waals surface area contributed by atoms with Gasteiger partial charge in [-0.15, -0.1) is 11.8 Å². The third-order valence-corrected chi connectivity index (χ3v) is 3.84. The van der Waals surface area contributed by atoms with E-state index in [9.17, 15) is 0 Å². The fraction of sp³-hybridized carbons (Fsp3) is 0.438. The van der Waals surface area contributed by atoms with Crippen LogP contribution in [-0.4, -0.2) is 23.8 Å². The first kappa shape index (κ1) is 15.1. The minimum absolute atomic E-state index is 0.531. The summed E-state index contributed by atoms with van der Waals surface area (Å²) in [5.74, 6) is 1.68. The van der Waals surface area contributed by atoms with Crippen LogP contribution in [0.25, 0.3) is 11.3 Å². The van der Waals surface area contributed by atoms with Crippen molar-refractivity contribution >= 4 is 11.8 Å². The van der Waals surface area contributed by atoms with E-state index in [4.69, 9.17) is 4.42 Å². The second-order valence-corrected chi connectivity index (χ2v) is 5.88. The highest BCUT2D eigenvalue weighted by Gasteiger charge is 2.09. The summed E-state index contributed by atoms with van der Waals surface area (Å²) < 4.78 is 5.87. The summed E-state index contributed by atoms with van der Waals surface area (Å²) in [5, 5.41) is 3.40. The van der Waals surface area contributed by atoms with Crippen LogP contribution in [0.2, 0.25) is 0 Å². The van der Waals surface area contributed by atoms with E-state index in [1.807, 2.05) is 18.3 Å². The number of oxazole rings is 1. The summed E-state index contributed by atoms with van der Waals surface area (Å²) >= 11 is 1.73. The largest absolute Gasteiger partial charge is 0.441 e. The van der Waals surface area contributed by atoms with Crippen LogP contribution >= 0.6 is 11.8 Å². The molecule has 2 rings (SSSR count). The van der Waals surface area contributed by atoms with Crippen LogP contribution < -0.4 is 5.32 Å². The van der Waals surface area contributed by atoms with E-state index >= 15 is 0 Å². The summed E-state index contributed by atoms with van der Waals surface area (Å²) in [6, 6.07) is 8.79. The fourth-order valence-electron chi connectivity index (χ4n) is 2.03. The first-order chi connectivity index (χ1) is 9.70. The van der Waals surface area contributed by atoms with E-state index in [0.29, 0.717) is 6.04 Å². The van der Waals surface area contributed by atoms with E-state index < -0.39 is 0 Å². The number of aromatic nitrogens is 1. The average Bonchev–Trinajstić information content (AvgIpc) is 2.92. The zero-order chi connectivity index (χ0) is 14.4. The monoisotopic (exact) mass is 290 g/mol. The standard InChI is InChI=1S/C16H22N2OS/c1-12(2)17-10-6-9-16-18-11-14(19-16)13-7-4-5-8-15(13)20-3/h4-5,7-8,11-12,17H,6,9-10H2,1-3H3. The predicted octanol–water partition coefficient (Wildman–Crippen LogP) is 3.99. The maximum absolute atomic E-state index is 5.87. The number of nitrogens with zero attached hydrogens (tertiary/aromatic N) is 1. The maximum atomic E-state index is 5.87. The quantitative estimate of drug-likeness (QED) is 0.618. The first-order valence-electron chi connectivity index (χ1n) is 7.02. The summed E-state index contributed by atoms with van der Waals surface area (Å²) in [6.45, 7) is 5.31. The first-order valence-corrected chi connectivity index (χ1v) is 8.24. The molecule has 2 aromatic rings. The molecule has 20 heavy (non-hydrogen) atoms. The molecule has 0 bridgehead atoms. The molecule has 0 aliphatic heterocycles. The number of hydrogen-bond acceptors (Lipinski definition) is 4. The van der Waals surface area contributed by atoms with Gasteiger partial charge < -0.3 is 9.73 Å². The Morgan fingerprint density at radius 3 is 2.85 bits per heavy atom. The van der Waals surface area contributed by atoms with Crippen molar-refractivity contribution in [3.8, 4) is 11.3 Å². The van der Waals surface area contributed by atoms with E-state index in [2.05, 4.69) is 42.5 Å². The van der Waals surface area contributed by atoms with Gasteiger partial charge in [-0.2, -0.15) is 0 Å². The third-order valence-electron chi connectivity index (χ3n) is 3.05. The molecule has 4 heteroatoms.